The highest BCUT2D eigenvalue weighted by Gasteiger charge is 2.39. The van der Waals surface area contributed by atoms with E-state index in [2.05, 4.69) is 0 Å². The van der Waals surface area contributed by atoms with Crippen molar-refractivity contribution in [3.63, 3.8) is 0 Å². The number of hydrogen-bond donors (Lipinski definition) is 1. The van der Waals surface area contributed by atoms with E-state index in [4.69, 9.17) is 14.2 Å². The molecule has 0 amide bonds. The van der Waals surface area contributed by atoms with Crippen molar-refractivity contribution in [2.24, 2.45) is 0 Å². The van der Waals surface area contributed by atoms with Crippen LogP contribution in [0.1, 0.15) is 27.2 Å². The number of rotatable bonds is 3. The van der Waals surface area contributed by atoms with Crippen molar-refractivity contribution in [3.05, 3.63) is 0 Å². The van der Waals surface area contributed by atoms with Crippen molar-refractivity contribution in [2.75, 3.05) is 6.61 Å². The summed E-state index contributed by atoms with van der Waals surface area (Å²) in [5.74, 6) is -0.942. The van der Waals surface area contributed by atoms with E-state index in [1.807, 2.05) is 0 Å². The molecular weight excluding hydrogens is 228 g/mol. The fourth-order valence-corrected chi connectivity index (χ4v) is 1.83. The Morgan fingerprint density at radius 3 is 2.53 bits per heavy atom. The molecule has 0 aromatic rings. The minimum atomic E-state index is -0.803. The van der Waals surface area contributed by atoms with Gasteiger partial charge in [-0.2, -0.15) is 0 Å². The molecule has 4 atom stereocenters. The van der Waals surface area contributed by atoms with Gasteiger partial charge in [0.1, 0.15) is 12.7 Å². The van der Waals surface area contributed by atoms with E-state index in [-0.39, 0.29) is 12.7 Å². The first kappa shape index (κ1) is 13.9. The fourth-order valence-electron chi connectivity index (χ4n) is 1.83. The van der Waals surface area contributed by atoms with E-state index in [9.17, 15) is 14.7 Å². The Hall–Kier alpha value is -1.14. The van der Waals surface area contributed by atoms with Gasteiger partial charge in [-0.25, -0.2) is 0 Å². The lowest BCUT2D eigenvalue weighted by Gasteiger charge is -2.37. The van der Waals surface area contributed by atoms with Gasteiger partial charge in [-0.3, -0.25) is 9.59 Å². The molecule has 1 rings (SSSR count). The molecule has 6 heteroatoms. The van der Waals surface area contributed by atoms with Crippen molar-refractivity contribution in [1.29, 1.82) is 0 Å². The molecule has 6 nitrogen and oxygen atoms in total. The second-order valence-electron chi connectivity index (χ2n) is 4.16. The smallest absolute Gasteiger partial charge is 0.303 e. The lowest BCUT2D eigenvalue weighted by atomic mass is 9.98. The quantitative estimate of drug-likeness (QED) is 0.707. The highest BCUT2D eigenvalue weighted by molar-refractivity contribution is 5.66. The third-order valence-corrected chi connectivity index (χ3v) is 2.48. The first-order valence-electron chi connectivity index (χ1n) is 5.54. The van der Waals surface area contributed by atoms with Gasteiger partial charge in [0, 0.05) is 20.3 Å². The first-order chi connectivity index (χ1) is 7.90. The molecule has 0 saturated carbocycles. The zero-order valence-electron chi connectivity index (χ0n) is 10.2. The number of aliphatic hydroxyl groups excluding tert-OH is 1. The summed E-state index contributed by atoms with van der Waals surface area (Å²) in [7, 11) is 0. The van der Waals surface area contributed by atoms with Crippen molar-refractivity contribution in [1.82, 2.24) is 0 Å². The molecule has 1 saturated heterocycles. The zero-order chi connectivity index (χ0) is 13.0. The van der Waals surface area contributed by atoms with Crippen LogP contribution < -0.4 is 0 Å². The maximum absolute atomic E-state index is 10.9. The minimum Gasteiger partial charge on any atom is -0.463 e. The van der Waals surface area contributed by atoms with Crippen LogP contribution in [0.15, 0.2) is 0 Å². The van der Waals surface area contributed by atoms with Gasteiger partial charge in [0.2, 0.25) is 0 Å². The summed E-state index contributed by atoms with van der Waals surface area (Å²) in [6, 6.07) is 0. The average molecular weight is 246 g/mol. The van der Waals surface area contributed by atoms with Gasteiger partial charge in [0.15, 0.2) is 6.10 Å². The maximum Gasteiger partial charge on any atom is 0.303 e. The predicted octanol–water partition coefficient (Wildman–Crippen LogP) is 0.0195. The summed E-state index contributed by atoms with van der Waals surface area (Å²) in [4.78, 5) is 21.7. The van der Waals surface area contributed by atoms with Crippen molar-refractivity contribution >= 4 is 11.9 Å². The van der Waals surface area contributed by atoms with Crippen LogP contribution in [0.3, 0.4) is 0 Å². The van der Waals surface area contributed by atoms with Crippen LogP contribution in [0, 0.1) is 0 Å². The Kier molecular flexibility index (Phi) is 4.89. The number of esters is 2. The maximum atomic E-state index is 10.9. The van der Waals surface area contributed by atoms with Crippen molar-refractivity contribution in [2.45, 2.75) is 51.6 Å². The number of ether oxygens (including phenoxy) is 3. The highest BCUT2D eigenvalue weighted by atomic mass is 16.6. The molecule has 0 aromatic carbocycles. The summed E-state index contributed by atoms with van der Waals surface area (Å²) in [5, 5.41) is 9.83. The van der Waals surface area contributed by atoms with Crippen LogP contribution >= 0.6 is 0 Å². The Labute approximate surface area is 99.8 Å². The second-order valence-corrected chi connectivity index (χ2v) is 4.16. The topological polar surface area (TPSA) is 82.1 Å². The fraction of sp³-hybridized carbons (Fsp3) is 0.818. The molecule has 0 aromatic heterocycles. The summed E-state index contributed by atoms with van der Waals surface area (Å²) in [5.41, 5.74) is 0. The van der Waals surface area contributed by atoms with Crippen LogP contribution in [-0.4, -0.2) is 48.1 Å². The summed E-state index contributed by atoms with van der Waals surface area (Å²) < 4.78 is 15.3. The molecule has 98 valence electrons. The molecule has 0 bridgehead atoms. The van der Waals surface area contributed by atoms with Crippen molar-refractivity contribution < 1.29 is 28.9 Å². The van der Waals surface area contributed by atoms with Gasteiger partial charge in [0.25, 0.3) is 0 Å². The standard InChI is InChI=1S/C11H18O6/c1-6-4-9(14)11(17-8(3)13)10(16-6)5-15-7(2)12/h6,9-11,14H,4-5H2,1-3H3. The van der Waals surface area contributed by atoms with Gasteiger partial charge in [-0.05, 0) is 6.92 Å². The van der Waals surface area contributed by atoms with E-state index in [1.54, 1.807) is 6.92 Å². The first-order valence-corrected chi connectivity index (χ1v) is 5.54. The van der Waals surface area contributed by atoms with Crippen LogP contribution in [0.4, 0.5) is 0 Å². The molecule has 0 spiro atoms. The van der Waals surface area contributed by atoms with E-state index in [0.717, 1.165) is 0 Å². The molecule has 4 unspecified atom stereocenters. The predicted molar refractivity (Wildman–Crippen MR) is 57.1 cm³/mol. The molecular formula is C11H18O6. The molecule has 1 aliphatic heterocycles. The van der Waals surface area contributed by atoms with E-state index >= 15 is 0 Å². The molecule has 0 aliphatic carbocycles. The molecule has 17 heavy (non-hydrogen) atoms. The lowest BCUT2D eigenvalue weighted by molar-refractivity contribution is -0.203. The Morgan fingerprint density at radius 2 is 2.00 bits per heavy atom. The third-order valence-electron chi connectivity index (χ3n) is 2.48. The van der Waals surface area contributed by atoms with Crippen LogP contribution in [0.2, 0.25) is 0 Å². The highest BCUT2D eigenvalue weighted by Crippen LogP contribution is 2.23. The van der Waals surface area contributed by atoms with E-state index in [1.165, 1.54) is 13.8 Å². The third kappa shape index (κ3) is 4.32. The SMILES string of the molecule is CC(=O)OCC1OC(C)CC(O)C1OC(C)=O. The van der Waals surface area contributed by atoms with Gasteiger partial charge in [0.05, 0.1) is 12.2 Å². The number of carbonyl (C=O) groups is 2. The monoisotopic (exact) mass is 246 g/mol. The molecule has 0 radical (unpaired) electrons. The summed E-state index contributed by atoms with van der Waals surface area (Å²) >= 11 is 0. The van der Waals surface area contributed by atoms with Gasteiger partial charge < -0.3 is 19.3 Å². The number of hydrogen-bond acceptors (Lipinski definition) is 6. The molecule has 1 fully saturated rings. The molecule has 1 aliphatic rings. The minimum absolute atomic E-state index is 0.0331. The molecule has 1 heterocycles. The van der Waals surface area contributed by atoms with E-state index < -0.39 is 30.3 Å². The largest absolute Gasteiger partial charge is 0.463 e. The van der Waals surface area contributed by atoms with Crippen molar-refractivity contribution in [3.8, 4) is 0 Å². The molecule has 1 N–H and O–H groups in total. The lowest BCUT2D eigenvalue weighted by Crippen LogP contribution is -2.51. The number of aliphatic hydroxyl groups is 1. The van der Waals surface area contributed by atoms with Crippen LogP contribution in [-0.2, 0) is 23.8 Å². The van der Waals surface area contributed by atoms with Gasteiger partial charge in [-0.1, -0.05) is 0 Å². The Bertz CT molecular complexity index is 290. The second kappa shape index (κ2) is 5.97. The van der Waals surface area contributed by atoms with Gasteiger partial charge >= 0.3 is 11.9 Å². The van der Waals surface area contributed by atoms with Crippen LogP contribution in [0.25, 0.3) is 0 Å². The Morgan fingerprint density at radius 1 is 1.35 bits per heavy atom. The zero-order valence-corrected chi connectivity index (χ0v) is 10.2. The Balaban J connectivity index is 2.64. The van der Waals surface area contributed by atoms with E-state index in [0.29, 0.717) is 6.42 Å². The average Bonchev–Trinajstić information content (AvgIpc) is 2.18. The summed E-state index contributed by atoms with van der Waals surface area (Å²) in [6.07, 6.45) is -2.00. The van der Waals surface area contributed by atoms with Crippen LogP contribution in [0.5, 0.6) is 0 Å². The van der Waals surface area contributed by atoms with Gasteiger partial charge in [-0.15, -0.1) is 0 Å². The number of carbonyl (C=O) groups excluding carboxylic acids is 2. The normalized spacial score (nSPS) is 32.9. The summed E-state index contributed by atoms with van der Waals surface area (Å²) in [6.45, 7) is 4.31.